The van der Waals surface area contributed by atoms with E-state index >= 15 is 0 Å². The highest BCUT2D eigenvalue weighted by Crippen LogP contribution is 2.45. The molecule has 0 bridgehead atoms. The number of carbonyl (C=O) groups is 2. The van der Waals surface area contributed by atoms with Crippen LogP contribution in [0.5, 0.6) is 11.5 Å². The predicted octanol–water partition coefficient (Wildman–Crippen LogP) is 6.76. The summed E-state index contributed by atoms with van der Waals surface area (Å²) in [6, 6.07) is 18.3. The summed E-state index contributed by atoms with van der Waals surface area (Å²) in [6.07, 6.45) is 0.824. The number of ether oxygens (including phenoxy) is 2. The highest BCUT2D eigenvalue weighted by Gasteiger charge is 2.48. The molecular formula is C29H25ClN2O5S. The minimum absolute atomic E-state index is 0.0424. The van der Waals surface area contributed by atoms with Crippen LogP contribution in [0.2, 0.25) is 5.02 Å². The lowest BCUT2D eigenvalue weighted by atomic mass is 9.95. The molecule has 1 amide bonds. The molecule has 2 heterocycles. The second-order valence-corrected chi connectivity index (χ2v) is 10.1. The number of hydrogen-bond acceptors (Lipinski definition) is 7. The third-order valence-corrected chi connectivity index (χ3v) is 7.31. The van der Waals surface area contributed by atoms with Crippen LogP contribution < -0.4 is 14.4 Å². The first-order chi connectivity index (χ1) is 18.4. The third kappa shape index (κ3) is 4.85. The van der Waals surface area contributed by atoms with Crippen LogP contribution in [0.25, 0.3) is 16.0 Å². The van der Waals surface area contributed by atoms with Gasteiger partial charge in [-0.15, -0.1) is 0 Å². The van der Waals surface area contributed by atoms with Gasteiger partial charge in [0.1, 0.15) is 17.3 Å². The Hall–Kier alpha value is -3.88. The zero-order valence-electron chi connectivity index (χ0n) is 20.8. The maximum atomic E-state index is 13.5. The average molecular weight is 549 g/mol. The van der Waals surface area contributed by atoms with Gasteiger partial charge in [0, 0.05) is 10.6 Å². The van der Waals surface area contributed by atoms with Crippen molar-refractivity contribution in [2.45, 2.75) is 26.3 Å². The lowest BCUT2D eigenvalue weighted by molar-refractivity contribution is -0.132. The van der Waals surface area contributed by atoms with Gasteiger partial charge in [-0.1, -0.05) is 54.1 Å². The molecule has 1 fully saturated rings. The van der Waals surface area contributed by atoms with Gasteiger partial charge in [0.25, 0.3) is 5.78 Å². The molecule has 1 N–H and O–H groups in total. The van der Waals surface area contributed by atoms with Crippen molar-refractivity contribution in [2.75, 3.05) is 18.1 Å². The highest BCUT2D eigenvalue weighted by atomic mass is 35.5. The summed E-state index contributed by atoms with van der Waals surface area (Å²) in [7, 11) is 0. The number of aliphatic hydroxyl groups excluding tert-OH is 1. The molecule has 194 valence electrons. The summed E-state index contributed by atoms with van der Waals surface area (Å²) >= 11 is 7.57. The molecule has 4 aromatic rings. The molecule has 38 heavy (non-hydrogen) atoms. The molecule has 0 spiro atoms. The van der Waals surface area contributed by atoms with E-state index in [0.717, 1.165) is 11.1 Å². The number of benzene rings is 3. The van der Waals surface area contributed by atoms with Crippen molar-refractivity contribution in [1.29, 1.82) is 0 Å². The fraction of sp³-hybridized carbons (Fsp3) is 0.207. The van der Waals surface area contributed by atoms with Crippen molar-refractivity contribution >= 4 is 55.7 Å². The van der Waals surface area contributed by atoms with Gasteiger partial charge in [-0.05, 0) is 61.4 Å². The first-order valence-electron chi connectivity index (χ1n) is 12.2. The number of aromatic nitrogens is 1. The van der Waals surface area contributed by atoms with Crippen LogP contribution in [-0.2, 0) is 9.59 Å². The molecule has 0 saturated carbocycles. The Labute approximate surface area is 228 Å². The van der Waals surface area contributed by atoms with Crippen molar-refractivity contribution < 1.29 is 24.2 Å². The monoisotopic (exact) mass is 548 g/mol. The number of hydrogen-bond donors (Lipinski definition) is 1. The Morgan fingerprint density at radius 1 is 1.03 bits per heavy atom. The molecule has 0 radical (unpaired) electrons. The number of fused-ring (bicyclic) bond motifs is 1. The summed E-state index contributed by atoms with van der Waals surface area (Å²) in [4.78, 5) is 32.9. The number of rotatable bonds is 8. The summed E-state index contributed by atoms with van der Waals surface area (Å²) in [5.41, 5.74) is 1.57. The number of anilines is 1. The Kier molecular flexibility index (Phi) is 7.35. The van der Waals surface area contributed by atoms with Crippen molar-refractivity contribution in [3.63, 3.8) is 0 Å². The predicted molar refractivity (Wildman–Crippen MR) is 149 cm³/mol. The topological polar surface area (TPSA) is 89.0 Å². The van der Waals surface area contributed by atoms with Gasteiger partial charge in [-0.2, -0.15) is 0 Å². The maximum Gasteiger partial charge on any atom is 0.301 e. The number of aliphatic hydroxyl groups is 1. The Balaban J connectivity index is 1.66. The van der Waals surface area contributed by atoms with E-state index in [-0.39, 0.29) is 11.3 Å². The number of Topliss-reactive ketones (excluding diaryl/α,β-unsaturated/α-hetero) is 1. The molecule has 1 unspecified atom stereocenters. The van der Waals surface area contributed by atoms with Crippen molar-refractivity contribution in [3.8, 4) is 11.5 Å². The number of halogens is 1. The van der Waals surface area contributed by atoms with Crippen LogP contribution >= 0.6 is 22.9 Å². The molecule has 1 atom stereocenters. The number of thiazole rings is 1. The molecular weight excluding hydrogens is 524 g/mol. The zero-order chi connectivity index (χ0) is 26.8. The van der Waals surface area contributed by atoms with E-state index in [2.05, 4.69) is 4.98 Å². The smallest absolute Gasteiger partial charge is 0.301 e. The van der Waals surface area contributed by atoms with Crippen LogP contribution in [-0.4, -0.2) is 35.0 Å². The van der Waals surface area contributed by atoms with E-state index in [1.54, 1.807) is 48.5 Å². The van der Waals surface area contributed by atoms with Crippen LogP contribution in [0.1, 0.15) is 37.4 Å². The highest BCUT2D eigenvalue weighted by molar-refractivity contribution is 7.22. The van der Waals surface area contributed by atoms with Gasteiger partial charge < -0.3 is 14.6 Å². The third-order valence-electron chi connectivity index (χ3n) is 6.05. The fourth-order valence-corrected chi connectivity index (χ4v) is 5.60. The van der Waals surface area contributed by atoms with Gasteiger partial charge in [0.15, 0.2) is 5.13 Å². The Morgan fingerprint density at radius 3 is 2.58 bits per heavy atom. The van der Waals surface area contributed by atoms with Crippen molar-refractivity contribution in [1.82, 2.24) is 4.98 Å². The summed E-state index contributed by atoms with van der Waals surface area (Å²) in [5, 5.41) is 12.2. The minimum Gasteiger partial charge on any atom is -0.507 e. The standard InChI is InChI=1S/C29H25ClN2O5S/c1-3-13-37-20-10-6-8-18(15-20)26(33)24-25(17-7-5-9-19(30)14-17)32(28(35)27(24)34)29-31-22-12-11-21(36-4-2)16-23(22)38-29/h5-12,14-16,25,33H,3-4,13H2,1-2H3/b26-24+. The van der Waals surface area contributed by atoms with E-state index in [1.807, 2.05) is 32.0 Å². The second-order valence-electron chi connectivity index (χ2n) is 8.66. The maximum absolute atomic E-state index is 13.5. The molecule has 1 aliphatic rings. The van der Waals surface area contributed by atoms with E-state index < -0.39 is 17.7 Å². The molecule has 1 aromatic heterocycles. The Bertz CT molecular complexity index is 1560. The second kappa shape index (κ2) is 10.8. The first kappa shape index (κ1) is 25.8. The van der Waals surface area contributed by atoms with E-state index in [9.17, 15) is 14.7 Å². The van der Waals surface area contributed by atoms with Crippen LogP contribution in [0.4, 0.5) is 5.13 Å². The number of amides is 1. The Morgan fingerprint density at radius 2 is 1.82 bits per heavy atom. The van der Waals surface area contributed by atoms with E-state index in [1.165, 1.54) is 16.2 Å². The zero-order valence-corrected chi connectivity index (χ0v) is 22.4. The van der Waals surface area contributed by atoms with Crippen LogP contribution in [0.3, 0.4) is 0 Å². The van der Waals surface area contributed by atoms with Gasteiger partial charge in [0.2, 0.25) is 0 Å². The summed E-state index contributed by atoms with van der Waals surface area (Å²) < 4.78 is 12.1. The van der Waals surface area contributed by atoms with Crippen LogP contribution in [0.15, 0.2) is 72.3 Å². The molecule has 5 rings (SSSR count). The molecule has 3 aromatic carbocycles. The van der Waals surface area contributed by atoms with Gasteiger partial charge >= 0.3 is 5.91 Å². The molecule has 1 saturated heterocycles. The fourth-order valence-electron chi connectivity index (χ4n) is 4.38. The average Bonchev–Trinajstić information content (AvgIpc) is 3.45. The van der Waals surface area contributed by atoms with E-state index in [4.69, 9.17) is 21.1 Å². The quantitative estimate of drug-likeness (QED) is 0.149. The summed E-state index contributed by atoms with van der Waals surface area (Å²) in [5.74, 6) is -0.632. The molecule has 7 nitrogen and oxygen atoms in total. The largest absolute Gasteiger partial charge is 0.507 e. The van der Waals surface area contributed by atoms with E-state index in [0.29, 0.717) is 51.5 Å². The van der Waals surface area contributed by atoms with Crippen molar-refractivity contribution in [3.05, 3.63) is 88.5 Å². The molecule has 0 aliphatic carbocycles. The first-order valence-corrected chi connectivity index (χ1v) is 13.4. The van der Waals surface area contributed by atoms with Gasteiger partial charge in [-0.25, -0.2) is 4.98 Å². The SMILES string of the molecule is CCCOc1cccc(/C(O)=C2\C(=O)C(=O)N(c3nc4ccc(OCC)cc4s3)C2c2cccc(Cl)c2)c1. The number of ketones is 1. The number of nitrogens with zero attached hydrogens (tertiary/aromatic N) is 2. The van der Waals surface area contributed by atoms with Crippen molar-refractivity contribution in [2.24, 2.45) is 0 Å². The minimum atomic E-state index is -0.930. The molecule has 1 aliphatic heterocycles. The lowest BCUT2D eigenvalue weighted by Crippen LogP contribution is -2.29. The van der Waals surface area contributed by atoms with Gasteiger partial charge in [-0.3, -0.25) is 14.5 Å². The van der Waals surface area contributed by atoms with Gasteiger partial charge in [0.05, 0.1) is 35.0 Å². The summed E-state index contributed by atoms with van der Waals surface area (Å²) in [6.45, 7) is 4.93. The van der Waals surface area contributed by atoms with Crippen LogP contribution in [0, 0.1) is 0 Å². The lowest BCUT2D eigenvalue weighted by Gasteiger charge is -2.23. The normalized spacial score (nSPS) is 16.8. The molecule has 9 heteroatoms. The number of carbonyl (C=O) groups excluding carboxylic acids is 2.